The van der Waals surface area contributed by atoms with Gasteiger partial charge in [-0.1, -0.05) is 6.42 Å². The number of hydrogen-bond acceptors (Lipinski definition) is 5. The van der Waals surface area contributed by atoms with E-state index in [2.05, 4.69) is 20.5 Å². The van der Waals surface area contributed by atoms with E-state index in [1.54, 1.807) is 5.51 Å². The van der Waals surface area contributed by atoms with Crippen LogP contribution in [0.5, 0.6) is 0 Å². The van der Waals surface area contributed by atoms with Crippen LogP contribution < -0.4 is 5.32 Å². The first-order valence-electron chi connectivity index (χ1n) is 6.73. The Labute approximate surface area is 121 Å². The molecule has 0 aliphatic heterocycles. The third kappa shape index (κ3) is 2.33. The van der Waals surface area contributed by atoms with Gasteiger partial charge in [-0.05, 0) is 19.8 Å². The molecule has 0 spiro atoms. The molecule has 1 aliphatic carbocycles. The fourth-order valence-electron chi connectivity index (χ4n) is 2.31. The van der Waals surface area contributed by atoms with Crippen molar-refractivity contribution < 1.29 is 4.79 Å². The largest absolute Gasteiger partial charge is 0.344 e. The SMILES string of the molecule is Cc1ncsc1C(=O)NCc1nnc(C2CCC2)n1C. The molecule has 0 bridgehead atoms. The van der Waals surface area contributed by atoms with E-state index in [1.807, 2.05) is 18.5 Å². The molecule has 0 atom stereocenters. The number of amides is 1. The molecule has 2 heterocycles. The molecule has 1 aliphatic rings. The molecule has 1 N–H and O–H groups in total. The Hall–Kier alpha value is -1.76. The molecule has 0 unspecified atom stereocenters. The minimum atomic E-state index is -0.0989. The quantitative estimate of drug-likeness (QED) is 0.932. The van der Waals surface area contributed by atoms with Crippen molar-refractivity contribution in [2.75, 3.05) is 0 Å². The highest BCUT2D eigenvalue weighted by molar-refractivity contribution is 7.11. The Morgan fingerprint density at radius 3 is 2.90 bits per heavy atom. The second kappa shape index (κ2) is 5.32. The van der Waals surface area contributed by atoms with Crippen LogP contribution in [0.2, 0.25) is 0 Å². The van der Waals surface area contributed by atoms with Crippen molar-refractivity contribution in [1.82, 2.24) is 25.1 Å². The van der Waals surface area contributed by atoms with Gasteiger partial charge in [-0.25, -0.2) is 4.98 Å². The Bertz CT molecular complexity index is 628. The molecule has 2 aromatic rings. The molecule has 1 amide bonds. The lowest BCUT2D eigenvalue weighted by molar-refractivity contribution is 0.0953. The third-order valence-electron chi connectivity index (χ3n) is 3.83. The molecule has 1 fully saturated rings. The number of aryl methyl sites for hydroxylation is 1. The number of carbonyl (C=O) groups excluding carboxylic acids is 1. The maximum absolute atomic E-state index is 12.0. The van der Waals surface area contributed by atoms with E-state index in [9.17, 15) is 4.79 Å². The Morgan fingerprint density at radius 1 is 1.50 bits per heavy atom. The Balaban J connectivity index is 1.65. The van der Waals surface area contributed by atoms with Gasteiger partial charge >= 0.3 is 0 Å². The smallest absolute Gasteiger partial charge is 0.263 e. The molecule has 0 saturated heterocycles. The molecule has 2 aromatic heterocycles. The van der Waals surface area contributed by atoms with Crippen molar-refractivity contribution in [3.8, 4) is 0 Å². The van der Waals surface area contributed by atoms with Crippen molar-refractivity contribution in [3.05, 3.63) is 27.7 Å². The van der Waals surface area contributed by atoms with Crippen molar-refractivity contribution in [2.24, 2.45) is 7.05 Å². The first-order valence-corrected chi connectivity index (χ1v) is 7.61. The van der Waals surface area contributed by atoms with Crippen LogP contribution in [-0.4, -0.2) is 25.7 Å². The van der Waals surface area contributed by atoms with E-state index >= 15 is 0 Å². The van der Waals surface area contributed by atoms with Gasteiger partial charge in [0, 0.05) is 13.0 Å². The van der Waals surface area contributed by atoms with Crippen molar-refractivity contribution in [3.63, 3.8) is 0 Å². The summed E-state index contributed by atoms with van der Waals surface area (Å²) in [4.78, 5) is 16.8. The highest BCUT2D eigenvalue weighted by Gasteiger charge is 2.25. The van der Waals surface area contributed by atoms with E-state index in [0.717, 1.165) is 17.3 Å². The average molecular weight is 291 g/mol. The summed E-state index contributed by atoms with van der Waals surface area (Å²) in [5, 5.41) is 11.3. The van der Waals surface area contributed by atoms with Crippen LogP contribution in [0.25, 0.3) is 0 Å². The van der Waals surface area contributed by atoms with Gasteiger partial charge in [0.1, 0.15) is 10.7 Å². The average Bonchev–Trinajstić information content (AvgIpc) is 2.93. The van der Waals surface area contributed by atoms with Crippen LogP contribution in [0.1, 0.15) is 52.2 Å². The topological polar surface area (TPSA) is 72.7 Å². The van der Waals surface area contributed by atoms with Gasteiger partial charge in [-0.3, -0.25) is 4.79 Å². The van der Waals surface area contributed by atoms with Crippen molar-refractivity contribution in [2.45, 2.75) is 38.6 Å². The normalized spacial score (nSPS) is 15.1. The number of nitrogens with zero attached hydrogens (tertiary/aromatic N) is 4. The van der Waals surface area contributed by atoms with Gasteiger partial charge in [0.25, 0.3) is 5.91 Å². The lowest BCUT2D eigenvalue weighted by Gasteiger charge is -2.24. The van der Waals surface area contributed by atoms with Crippen LogP contribution in [-0.2, 0) is 13.6 Å². The first-order chi connectivity index (χ1) is 9.66. The molecule has 20 heavy (non-hydrogen) atoms. The molecular weight excluding hydrogens is 274 g/mol. The number of carbonyl (C=O) groups is 1. The van der Waals surface area contributed by atoms with Crippen LogP contribution in [0.4, 0.5) is 0 Å². The Kier molecular flexibility index (Phi) is 3.52. The number of hydrogen-bond donors (Lipinski definition) is 1. The third-order valence-corrected chi connectivity index (χ3v) is 4.76. The summed E-state index contributed by atoms with van der Waals surface area (Å²) in [5.74, 6) is 2.27. The molecule has 0 radical (unpaired) electrons. The second-order valence-electron chi connectivity index (χ2n) is 5.11. The number of rotatable bonds is 4. The minimum absolute atomic E-state index is 0.0989. The van der Waals surface area contributed by atoms with Gasteiger partial charge in [-0.15, -0.1) is 21.5 Å². The zero-order valence-corrected chi connectivity index (χ0v) is 12.4. The summed E-state index contributed by atoms with van der Waals surface area (Å²) in [6.07, 6.45) is 3.66. The minimum Gasteiger partial charge on any atom is -0.344 e. The van der Waals surface area contributed by atoms with Crippen LogP contribution in [0, 0.1) is 6.92 Å². The van der Waals surface area contributed by atoms with Crippen molar-refractivity contribution in [1.29, 1.82) is 0 Å². The van der Waals surface area contributed by atoms with Crippen LogP contribution in [0.15, 0.2) is 5.51 Å². The van der Waals surface area contributed by atoms with Gasteiger partial charge < -0.3 is 9.88 Å². The van der Waals surface area contributed by atoms with Crippen molar-refractivity contribution >= 4 is 17.2 Å². The fourth-order valence-corrected chi connectivity index (χ4v) is 3.03. The van der Waals surface area contributed by atoms with E-state index in [0.29, 0.717) is 17.3 Å². The molecular formula is C13H17N5OS. The van der Waals surface area contributed by atoms with Gasteiger partial charge in [0.2, 0.25) is 0 Å². The molecule has 1 saturated carbocycles. The summed E-state index contributed by atoms with van der Waals surface area (Å²) in [6.45, 7) is 2.23. The predicted molar refractivity (Wildman–Crippen MR) is 75.6 cm³/mol. The standard InChI is InChI=1S/C13H17N5OS/c1-8-11(20-7-15-8)13(19)14-6-10-16-17-12(18(10)2)9-4-3-5-9/h7,9H,3-6H2,1-2H3,(H,14,19). The lowest BCUT2D eigenvalue weighted by Crippen LogP contribution is -2.24. The van der Waals surface area contributed by atoms with Crippen LogP contribution in [0.3, 0.4) is 0 Å². The maximum Gasteiger partial charge on any atom is 0.263 e. The second-order valence-corrected chi connectivity index (χ2v) is 5.97. The van der Waals surface area contributed by atoms with Gasteiger partial charge in [0.15, 0.2) is 5.82 Å². The predicted octanol–water partition coefficient (Wildman–Crippen LogP) is 1.78. The monoisotopic (exact) mass is 291 g/mol. The van der Waals surface area contributed by atoms with E-state index in [4.69, 9.17) is 0 Å². The molecule has 106 valence electrons. The highest BCUT2D eigenvalue weighted by atomic mass is 32.1. The molecule has 6 nitrogen and oxygen atoms in total. The summed E-state index contributed by atoms with van der Waals surface area (Å²) in [5.41, 5.74) is 2.45. The highest BCUT2D eigenvalue weighted by Crippen LogP contribution is 2.35. The van der Waals surface area contributed by atoms with E-state index < -0.39 is 0 Å². The molecule has 0 aromatic carbocycles. The van der Waals surface area contributed by atoms with Crippen LogP contribution >= 0.6 is 11.3 Å². The summed E-state index contributed by atoms with van der Waals surface area (Å²) in [7, 11) is 1.97. The van der Waals surface area contributed by atoms with E-state index in [1.165, 1.54) is 30.6 Å². The summed E-state index contributed by atoms with van der Waals surface area (Å²) >= 11 is 1.35. The lowest BCUT2D eigenvalue weighted by atomic mass is 9.85. The maximum atomic E-state index is 12.0. The summed E-state index contributed by atoms with van der Waals surface area (Å²) < 4.78 is 2.00. The number of thiazole rings is 1. The molecule has 7 heteroatoms. The first kappa shape index (κ1) is 13.2. The summed E-state index contributed by atoms with van der Waals surface area (Å²) in [6, 6.07) is 0. The number of aromatic nitrogens is 4. The van der Waals surface area contributed by atoms with Gasteiger partial charge in [0.05, 0.1) is 17.7 Å². The van der Waals surface area contributed by atoms with Gasteiger partial charge in [-0.2, -0.15) is 0 Å². The number of nitrogens with one attached hydrogen (secondary N) is 1. The zero-order valence-electron chi connectivity index (χ0n) is 11.6. The zero-order chi connectivity index (χ0) is 14.1. The fraction of sp³-hybridized carbons (Fsp3) is 0.538. The van der Waals surface area contributed by atoms with E-state index in [-0.39, 0.29) is 5.91 Å². The molecule has 3 rings (SSSR count). The Morgan fingerprint density at radius 2 is 2.30 bits per heavy atom.